The predicted molar refractivity (Wildman–Crippen MR) is 64.8 cm³/mol. The summed E-state index contributed by atoms with van der Waals surface area (Å²) in [6.45, 7) is 8.52. The third-order valence-corrected chi connectivity index (χ3v) is 2.06. The minimum Gasteiger partial charge on any atom is -0.350 e. The first-order valence-corrected chi connectivity index (χ1v) is 5.79. The zero-order valence-corrected chi connectivity index (χ0v) is 10.8. The lowest BCUT2D eigenvalue weighted by Gasteiger charge is -2.23. The second-order valence-electron chi connectivity index (χ2n) is 5.03. The van der Waals surface area contributed by atoms with E-state index in [1.165, 1.54) is 0 Å². The van der Waals surface area contributed by atoms with E-state index in [1.807, 2.05) is 27.7 Å². The van der Waals surface area contributed by atoms with Crippen molar-refractivity contribution in [3.05, 3.63) is 0 Å². The van der Waals surface area contributed by atoms with Crippen LogP contribution in [0, 0.1) is 11.3 Å². The van der Waals surface area contributed by atoms with E-state index in [-0.39, 0.29) is 17.5 Å². The van der Waals surface area contributed by atoms with Crippen LogP contribution < -0.4 is 10.6 Å². The van der Waals surface area contributed by atoms with E-state index in [9.17, 15) is 4.79 Å². The van der Waals surface area contributed by atoms with E-state index in [0.717, 1.165) is 19.4 Å². The van der Waals surface area contributed by atoms with Crippen molar-refractivity contribution in [1.82, 2.24) is 10.6 Å². The summed E-state index contributed by atoms with van der Waals surface area (Å²) in [4.78, 5) is 11.7. The lowest BCUT2D eigenvalue weighted by Crippen LogP contribution is -2.49. The number of rotatable bonds is 6. The molecule has 0 aliphatic carbocycles. The van der Waals surface area contributed by atoms with Crippen LogP contribution in [0.2, 0.25) is 0 Å². The molecular formula is C12H23N3O. The lowest BCUT2D eigenvalue weighted by atomic mass is 10.1. The van der Waals surface area contributed by atoms with Gasteiger partial charge in [-0.05, 0) is 47.1 Å². The van der Waals surface area contributed by atoms with Crippen molar-refractivity contribution >= 4 is 5.91 Å². The molecule has 0 aromatic rings. The van der Waals surface area contributed by atoms with Crippen LogP contribution in [0.5, 0.6) is 0 Å². The highest BCUT2D eigenvalue weighted by Gasteiger charge is 2.18. The quantitative estimate of drug-likeness (QED) is 0.674. The van der Waals surface area contributed by atoms with Gasteiger partial charge in [-0.15, -0.1) is 0 Å². The molecule has 0 aromatic heterocycles. The molecule has 0 rings (SSSR count). The molecule has 0 spiro atoms. The van der Waals surface area contributed by atoms with Crippen molar-refractivity contribution in [2.24, 2.45) is 0 Å². The summed E-state index contributed by atoms with van der Waals surface area (Å²) in [6, 6.07) is 1.92. The Hall–Kier alpha value is -1.08. The van der Waals surface area contributed by atoms with Crippen LogP contribution in [0.25, 0.3) is 0 Å². The molecule has 16 heavy (non-hydrogen) atoms. The Morgan fingerprint density at radius 1 is 1.38 bits per heavy atom. The molecule has 0 aliphatic rings. The maximum atomic E-state index is 11.7. The topological polar surface area (TPSA) is 64.9 Å². The molecule has 0 saturated carbocycles. The zero-order chi connectivity index (χ0) is 12.6. The number of hydrogen-bond acceptors (Lipinski definition) is 3. The Labute approximate surface area is 98.4 Å². The summed E-state index contributed by atoms with van der Waals surface area (Å²) in [5.74, 6) is 0.0211. The van der Waals surface area contributed by atoms with Crippen molar-refractivity contribution in [2.45, 2.75) is 58.5 Å². The first kappa shape index (κ1) is 14.9. The Kier molecular flexibility index (Phi) is 6.75. The molecule has 0 radical (unpaired) electrons. The fourth-order valence-corrected chi connectivity index (χ4v) is 1.22. The Balaban J connectivity index is 3.68. The molecule has 0 aliphatic heterocycles. The van der Waals surface area contributed by atoms with Gasteiger partial charge in [-0.2, -0.15) is 5.26 Å². The maximum absolute atomic E-state index is 11.7. The summed E-state index contributed by atoms with van der Waals surface area (Å²) in [7, 11) is 0. The van der Waals surface area contributed by atoms with Gasteiger partial charge in [0.05, 0.1) is 12.1 Å². The summed E-state index contributed by atoms with van der Waals surface area (Å²) in [5, 5.41) is 14.4. The van der Waals surface area contributed by atoms with Crippen LogP contribution in [0.3, 0.4) is 0 Å². The highest BCUT2D eigenvalue weighted by molar-refractivity contribution is 5.81. The van der Waals surface area contributed by atoms with Crippen LogP contribution in [0.4, 0.5) is 0 Å². The first-order valence-electron chi connectivity index (χ1n) is 5.79. The van der Waals surface area contributed by atoms with Gasteiger partial charge in [0.1, 0.15) is 0 Å². The molecular weight excluding hydrogens is 202 g/mol. The van der Waals surface area contributed by atoms with E-state index in [0.29, 0.717) is 6.42 Å². The highest BCUT2D eigenvalue weighted by Crippen LogP contribution is 1.99. The van der Waals surface area contributed by atoms with Crippen LogP contribution in [-0.2, 0) is 4.79 Å². The van der Waals surface area contributed by atoms with E-state index in [2.05, 4.69) is 16.7 Å². The van der Waals surface area contributed by atoms with Crippen LogP contribution >= 0.6 is 0 Å². The highest BCUT2D eigenvalue weighted by atomic mass is 16.2. The number of amides is 1. The molecule has 2 N–H and O–H groups in total. The zero-order valence-electron chi connectivity index (χ0n) is 10.8. The smallest absolute Gasteiger partial charge is 0.237 e. The Morgan fingerprint density at radius 2 is 2.00 bits per heavy atom. The number of carbonyl (C=O) groups excluding carboxylic acids is 1. The van der Waals surface area contributed by atoms with Crippen molar-refractivity contribution < 1.29 is 4.79 Å². The molecule has 1 unspecified atom stereocenters. The molecule has 0 saturated heterocycles. The van der Waals surface area contributed by atoms with Crippen LogP contribution in [-0.4, -0.2) is 24.0 Å². The van der Waals surface area contributed by atoms with Gasteiger partial charge in [0.2, 0.25) is 5.91 Å². The van der Waals surface area contributed by atoms with E-state index >= 15 is 0 Å². The van der Waals surface area contributed by atoms with Gasteiger partial charge in [0.25, 0.3) is 0 Å². The minimum absolute atomic E-state index is 0.0211. The van der Waals surface area contributed by atoms with E-state index in [1.54, 1.807) is 0 Å². The molecule has 0 fully saturated rings. The number of carbonyl (C=O) groups is 1. The number of nitriles is 1. The van der Waals surface area contributed by atoms with Crippen LogP contribution in [0.1, 0.15) is 47.0 Å². The summed E-state index contributed by atoms with van der Waals surface area (Å²) >= 11 is 0. The van der Waals surface area contributed by atoms with Gasteiger partial charge in [0.15, 0.2) is 0 Å². The summed E-state index contributed by atoms with van der Waals surface area (Å²) in [5.41, 5.74) is -0.187. The first-order chi connectivity index (χ1) is 7.37. The number of unbranched alkanes of at least 4 members (excludes halogenated alkanes) is 2. The van der Waals surface area contributed by atoms with Gasteiger partial charge in [-0.1, -0.05) is 0 Å². The largest absolute Gasteiger partial charge is 0.350 e. The second kappa shape index (κ2) is 7.24. The third-order valence-electron chi connectivity index (χ3n) is 2.06. The lowest BCUT2D eigenvalue weighted by molar-refractivity contribution is -0.124. The molecule has 1 atom stereocenters. The van der Waals surface area contributed by atoms with E-state index in [4.69, 9.17) is 5.26 Å². The van der Waals surface area contributed by atoms with Crippen molar-refractivity contribution in [3.63, 3.8) is 0 Å². The van der Waals surface area contributed by atoms with Crippen LogP contribution in [0.15, 0.2) is 0 Å². The fraction of sp³-hybridized carbons (Fsp3) is 0.833. The molecule has 0 heterocycles. The Morgan fingerprint density at radius 3 is 2.50 bits per heavy atom. The fourth-order valence-electron chi connectivity index (χ4n) is 1.22. The van der Waals surface area contributed by atoms with E-state index < -0.39 is 0 Å². The molecule has 0 aromatic carbocycles. The normalized spacial score (nSPS) is 12.9. The Bertz CT molecular complexity index is 250. The third kappa shape index (κ3) is 8.25. The average molecular weight is 225 g/mol. The predicted octanol–water partition coefficient (Wildman–Crippen LogP) is 1.57. The van der Waals surface area contributed by atoms with Gasteiger partial charge in [0, 0.05) is 12.0 Å². The van der Waals surface area contributed by atoms with Crippen molar-refractivity contribution in [2.75, 3.05) is 6.54 Å². The van der Waals surface area contributed by atoms with Gasteiger partial charge in [-0.25, -0.2) is 0 Å². The SMILES string of the molecule is CC(NCCCCC#N)C(=O)NC(C)(C)C. The minimum atomic E-state index is -0.187. The molecule has 4 heteroatoms. The maximum Gasteiger partial charge on any atom is 0.237 e. The van der Waals surface area contributed by atoms with Crippen molar-refractivity contribution in [3.8, 4) is 6.07 Å². The van der Waals surface area contributed by atoms with Gasteiger partial charge in [-0.3, -0.25) is 4.79 Å². The van der Waals surface area contributed by atoms with Gasteiger partial charge < -0.3 is 10.6 Å². The van der Waals surface area contributed by atoms with Crippen molar-refractivity contribution in [1.29, 1.82) is 5.26 Å². The average Bonchev–Trinajstić information content (AvgIpc) is 2.14. The molecule has 1 amide bonds. The summed E-state index contributed by atoms with van der Waals surface area (Å²) in [6.07, 6.45) is 2.40. The van der Waals surface area contributed by atoms with Gasteiger partial charge >= 0.3 is 0 Å². The number of hydrogen-bond donors (Lipinski definition) is 2. The number of nitrogens with zero attached hydrogens (tertiary/aromatic N) is 1. The standard InChI is InChI=1S/C12H23N3O/c1-10(11(16)15-12(2,3)4)14-9-7-5-6-8-13/h10,14H,5-7,9H2,1-4H3,(H,15,16). The summed E-state index contributed by atoms with van der Waals surface area (Å²) < 4.78 is 0. The molecule has 4 nitrogen and oxygen atoms in total. The monoisotopic (exact) mass is 225 g/mol. The second-order valence-corrected chi connectivity index (χ2v) is 5.03. The number of nitrogens with one attached hydrogen (secondary N) is 2. The molecule has 92 valence electrons. The molecule has 0 bridgehead atoms.